The summed E-state index contributed by atoms with van der Waals surface area (Å²) in [6.45, 7) is 6.36. The smallest absolute Gasteiger partial charge is 0.126 e. The zero-order chi connectivity index (χ0) is 14.8. The van der Waals surface area contributed by atoms with E-state index in [1.165, 1.54) is 24.0 Å². The molecule has 1 aromatic carbocycles. The second kappa shape index (κ2) is 6.37. The van der Waals surface area contributed by atoms with Crippen LogP contribution in [0.3, 0.4) is 0 Å². The van der Waals surface area contributed by atoms with E-state index in [-0.39, 0.29) is 0 Å². The Morgan fingerprint density at radius 3 is 2.90 bits per heavy atom. The molecule has 0 radical (unpaired) electrons. The van der Waals surface area contributed by atoms with Gasteiger partial charge in [-0.2, -0.15) is 0 Å². The Bertz CT molecular complexity index is 484. The van der Waals surface area contributed by atoms with Gasteiger partial charge < -0.3 is 10.1 Å². The van der Waals surface area contributed by atoms with Gasteiger partial charge in [-0.3, -0.25) is 4.90 Å². The van der Waals surface area contributed by atoms with Crippen molar-refractivity contribution in [2.24, 2.45) is 0 Å². The number of hydrogen-bond acceptors (Lipinski definition) is 3. The summed E-state index contributed by atoms with van der Waals surface area (Å²) in [5.74, 6) is 1.11. The number of benzene rings is 1. The van der Waals surface area contributed by atoms with E-state index < -0.39 is 0 Å². The molecule has 2 aliphatic rings. The van der Waals surface area contributed by atoms with Crippen molar-refractivity contribution in [1.29, 1.82) is 0 Å². The Morgan fingerprint density at radius 1 is 1.33 bits per heavy atom. The molecule has 1 aliphatic heterocycles. The molecule has 1 heterocycles. The number of hydrogen-bond donors (Lipinski definition) is 1. The van der Waals surface area contributed by atoms with Gasteiger partial charge in [-0.25, -0.2) is 0 Å². The summed E-state index contributed by atoms with van der Waals surface area (Å²) in [6, 6.07) is 8.36. The molecule has 116 valence electrons. The monoisotopic (exact) mass is 288 g/mol. The number of aryl methyl sites for hydroxylation is 1. The van der Waals surface area contributed by atoms with E-state index in [4.69, 9.17) is 4.74 Å². The van der Waals surface area contributed by atoms with E-state index in [2.05, 4.69) is 49.3 Å². The number of fused-ring (bicyclic) bond motifs is 1. The molecule has 0 saturated heterocycles. The Kier molecular flexibility index (Phi) is 4.51. The number of nitrogens with one attached hydrogen (secondary N) is 1. The van der Waals surface area contributed by atoms with Gasteiger partial charge in [-0.1, -0.05) is 18.2 Å². The third kappa shape index (κ3) is 3.41. The topological polar surface area (TPSA) is 24.5 Å². The van der Waals surface area contributed by atoms with Crippen molar-refractivity contribution in [1.82, 2.24) is 10.2 Å². The highest BCUT2D eigenvalue weighted by Gasteiger charge is 2.29. The Morgan fingerprint density at radius 2 is 2.14 bits per heavy atom. The molecule has 2 atom stereocenters. The van der Waals surface area contributed by atoms with Crippen LogP contribution in [0.5, 0.6) is 5.75 Å². The lowest BCUT2D eigenvalue weighted by molar-refractivity contribution is 0.234. The van der Waals surface area contributed by atoms with Gasteiger partial charge in [0.05, 0.1) is 6.61 Å². The molecule has 0 spiro atoms. The van der Waals surface area contributed by atoms with E-state index in [0.29, 0.717) is 12.1 Å². The quantitative estimate of drug-likeness (QED) is 0.900. The number of ether oxygens (including phenoxy) is 1. The van der Waals surface area contributed by atoms with Crippen molar-refractivity contribution >= 4 is 0 Å². The minimum atomic E-state index is 0.428. The van der Waals surface area contributed by atoms with E-state index in [9.17, 15) is 0 Å². The second-order valence-electron chi connectivity index (χ2n) is 6.69. The minimum absolute atomic E-state index is 0.428. The van der Waals surface area contributed by atoms with E-state index >= 15 is 0 Å². The predicted molar refractivity (Wildman–Crippen MR) is 86.9 cm³/mol. The normalized spacial score (nSPS) is 23.3. The van der Waals surface area contributed by atoms with Crippen LogP contribution in [0.15, 0.2) is 18.2 Å². The molecule has 0 aromatic heterocycles. The van der Waals surface area contributed by atoms with Gasteiger partial charge in [0.1, 0.15) is 5.75 Å². The largest absolute Gasteiger partial charge is 0.493 e. The molecular formula is C18H28N2O. The highest BCUT2D eigenvalue weighted by molar-refractivity contribution is 5.43. The molecule has 3 rings (SSSR count). The van der Waals surface area contributed by atoms with Crippen LogP contribution >= 0.6 is 0 Å². The Labute approximate surface area is 128 Å². The molecule has 21 heavy (non-hydrogen) atoms. The van der Waals surface area contributed by atoms with Gasteiger partial charge >= 0.3 is 0 Å². The van der Waals surface area contributed by atoms with E-state index in [0.717, 1.165) is 37.8 Å². The SMILES string of the molecule is Cc1cccc2c1OCCCC2NCC(C)N(C)C1CC1. The maximum Gasteiger partial charge on any atom is 0.126 e. The van der Waals surface area contributed by atoms with Gasteiger partial charge in [0.2, 0.25) is 0 Å². The van der Waals surface area contributed by atoms with Crippen LogP contribution in [0.2, 0.25) is 0 Å². The highest BCUT2D eigenvalue weighted by Crippen LogP contribution is 2.34. The molecule has 1 N–H and O–H groups in total. The number of rotatable bonds is 5. The zero-order valence-corrected chi connectivity index (χ0v) is 13.6. The first-order valence-corrected chi connectivity index (χ1v) is 8.34. The lowest BCUT2D eigenvalue weighted by atomic mass is 9.99. The third-order valence-electron chi connectivity index (χ3n) is 4.98. The molecule has 3 heteroatoms. The zero-order valence-electron chi connectivity index (χ0n) is 13.6. The van der Waals surface area contributed by atoms with Crippen LogP contribution in [-0.4, -0.2) is 37.2 Å². The average molecular weight is 288 g/mol. The molecule has 0 bridgehead atoms. The summed E-state index contributed by atoms with van der Waals surface area (Å²) in [4.78, 5) is 2.53. The van der Waals surface area contributed by atoms with Crippen LogP contribution in [0, 0.1) is 6.92 Å². The minimum Gasteiger partial charge on any atom is -0.493 e. The maximum atomic E-state index is 5.96. The van der Waals surface area contributed by atoms with Gasteiger partial charge in [0, 0.05) is 30.2 Å². The molecule has 3 nitrogen and oxygen atoms in total. The van der Waals surface area contributed by atoms with Crippen molar-refractivity contribution in [2.45, 2.75) is 57.7 Å². The fourth-order valence-electron chi connectivity index (χ4n) is 3.27. The number of nitrogens with zero attached hydrogens (tertiary/aromatic N) is 1. The molecule has 0 amide bonds. The van der Waals surface area contributed by atoms with Crippen LogP contribution < -0.4 is 10.1 Å². The lowest BCUT2D eigenvalue weighted by Crippen LogP contribution is -2.40. The Balaban J connectivity index is 1.66. The molecule has 1 aliphatic carbocycles. The molecule has 1 saturated carbocycles. The van der Waals surface area contributed by atoms with Crippen molar-refractivity contribution in [3.63, 3.8) is 0 Å². The summed E-state index contributed by atoms with van der Waals surface area (Å²) in [7, 11) is 2.26. The fourth-order valence-corrected chi connectivity index (χ4v) is 3.27. The average Bonchev–Trinajstić information content (AvgIpc) is 3.31. The van der Waals surface area contributed by atoms with Gasteiger partial charge in [0.25, 0.3) is 0 Å². The van der Waals surface area contributed by atoms with Crippen molar-refractivity contribution in [2.75, 3.05) is 20.2 Å². The second-order valence-corrected chi connectivity index (χ2v) is 6.69. The molecule has 1 fully saturated rings. The summed E-state index contributed by atoms with van der Waals surface area (Å²) in [6.07, 6.45) is 5.04. The van der Waals surface area contributed by atoms with Gasteiger partial charge in [-0.15, -0.1) is 0 Å². The van der Waals surface area contributed by atoms with E-state index in [1.54, 1.807) is 0 Å². The first-order valence-electron chi connectivity index (χ1n) is 8.34. The van der Waals surface area contributed by atoms with Crippen LogP contribution in [-0.2, 0) is 0 Å². The summed E-state index contributed by atoms with van der Waals surface area (Å²) in [5, 5.41) is 3.79. The van der Waals surface area contributed by atoms with Gasteiger partial charge in [-0.05, 0) is 52.1 Å². The molecule has 1 aromatic rings. The summed E-state index contributed by atoms with van der Waals surface area (Å²) >= 11 is 0. The summed E-state index contributed by atoms with van der Waals surface area (Å²) in [5.41, 5.74) is 2.60. The van der Waals surface area contributed by atoms with Crippen LogP contribution in [0.25, 0.3) is 0 Å². The first kappa shape index (κ1) is 14.9. The number of para-hydroxylation sites is 1. The standard InChI is InChI=1S/C18H28N2O/c1-13-6-4-7-16-17(8-5-11-21-18(13)16)19-12-14(2)20(3)15-9-10-15/h4,6-7,14-15,17,19H,5,8-12H2,1-3H3. The van der Waals surface area contributed by atoms with Crippen LogP contribution in [0.4, 0.5) is 0 Å². The fraction of sp³-hybridized carbons (Fsp3) is 0.667. The van der Waals surface area contributed by atoms with Crippen LogP contribution in [0.1, 0.15) is 49.8 Å². The molecule has 2 unspecified atom stereocenters. The van der Waals surface area contributed by atoms with Crippen molar-refractivity contribution in [3.8, 4) is 5.75 Å². The molecular weight excluding hydrogens is 260 g/mol. The first-order chi connectivity index (χ1) is 10.2. The number of likely N-dealkylation sites (N-methyl/N-ethyl adjacent to an activating group) is 1. The maximum absolute atomic E-state index is 5.96. The van der Waals surface area contributed by atoms with Crippen molar-refractivity contribution < 1.29 is 4.74 Å². The van der Waals surface area contributed by atoms with Gasteiger partial charge in [0.15, 0.2) is 0 Å². The van der Waals surface area contributed by atoms with E-state index in [1.807, 2.05) is 0 Å². The highest BCUT2D eigenvalue weighted by atomic mass is 16.5. The van der Waals surface area contributed by atoms with Crippen molar-refractivity contribution in [3.05, 3.63) is 29.3 Å². The predicted octanol–water partition coefficient (Wildman–Crippen LogP) is 3.28. The Hall–Kier alpha value is -1.06. The third-order valence-corrected chi connectivity index (χ3v) is 4.98. The summed E-state index contributed by atoms with van der Waals surface area (Å²) < 4.78 is 5.96. The lowest BCUT2D eigenvalue weighted by Gasteiger charge is -2.27.